The van der Waals surface area contributed by atoms with Gasteiger partial charge in [0.25, 0.3) is 6.43 Å². The lowest BCUT2D eigenvalue weighted by Gasteiger charge is -2.16. The second kappa shape index (κ2) is 7.77. The lowest BCUT2D eigenvalue weighted by molar-refractivity contribution is 0.00480. The molecule has 0 amide bonds. The summed E-state index contributed by atoms with van der Waals surface area (Å²) in [4.78, 5) is 0. The minimum Gasteiger partial charge on any atom is -0.490 e. The second-order valence-electron chi connectivity index (χ2n) is 4.64. The molecule has 1 unspecified atom stereocenters. The lowest BCUT2D eigenvalue weighted by atomic mass is 10.1. The van der Waals surface area contributed by atoms with Gasteiger partial charge >= 0.3 is 0 Å². The third-order valence-corrected chi connectivity index (χ3v) is 3.33. The minimum absolute atomic E-state index is 0.0241. The summed E-state index contributed by atoms with van der Waals surface area (Å²) in [5, 5.41) is 10.4. The Kier molecular flexibility index (Phi) is 6.02. The van der Waals surface area contributed by atoms with Crippen LogP contribution < -0.4 is 9.47 Å². The fraction of sp³-hybridized carbons (Fsp3) is 0.571. The van der Waals surface area contributed by atoms with Crippen LogP contribution in [-0.4, -0.2) is 38.0 Å². The molecular weight excluding hydrogens is 306 g/mol. The molecule has 0 radical (unpaired) electrons. The number of fused-ring (bicyclic) bond motifs is 1. The first-order chi connectivity index (χ1) is 10.1. The zero-order valence-electron chi connectivity index (χ0n) is 11.4. The van der Waals surface area contributed by atoms with E-state index in [2.05, 4.69) is 0 Å². The first-order valence-electron chi connectivity index (χ1n) is 6.71. The van der Waals surface area contributed by atoms with Gasteiger partial charge in [0.2, 0.25) is 0 Å². The van der Waals surface area contributed by atoms with Crippen molar-refractivity contribution in [2.45, 2.75) is 25.4 Å². The maximum atomic E-state index is 11.9. The molecular formula is C14H17ClF2O4. The van der Waals surface area contributed by atoms with E-state index in [0.717, 1.165) is 6.42 Å². The van der Waals surface area contributed by atoms with E-state index in [-0.39, 0.29) is 13.0 Å². The van der Waals surface area contributed by atoms with Crippen molar-refractivity contribution in [3.63, 3.8) is 0 Å². The van der Waals surface area contributed by atoms with Crippen LogP contribution in [0.3, 0.4) is 0 Å². The summed E-state index contributed by atoms with van der Waals surface area (Å²) in [6.07, 6.45) is -2.48. The van der Waals surface area contributed by atoms with Crippen LogP contribution in [0.2, 0.25) is 5.02 Å². The van der Waals surface area contributed by atoms with Gasteiger partial charge in [-0.1, -0.05) is 11.6 Å². The molecule has 4 nitrogen and oxygen atoms in total. The van der Waals surface area contributed by atoms with Crippen LogP contribution >= 0.6 is 11.6 Å². The molecule has 7 heteroatoms. The van der Waals surface area contributed by atoms with Crippen LogP contribution in [0.4, 0.5) is 8.78 Å². The summed E-state index contributed by atoms with van der Waals surface area (Å²) >= 11 is 6.12. The number of aliphatic hydroxyl groups is 1. The summed E-state index contributed by atoms with van der Waals surface area (Å²) in [7, 11) is 0. The lowest BCUT2D eigenvalue weighted by Crippen LogP contribution is -2.09. The van der Waals surface area contributed by atoms with Gasteiger partial charge in [-0.05, 0) is 6.07 Å². The largest absolute Gasteiger partial charge is 0.490 e. The van der Waals surface area contributed by atoms with E-state index in [4.69, 9.17) is 25.8 Å². The molecule has 0 aliphatic carbocycles. The van der Waals surface area contributed by atoms with E-state index >= 15 is 0 Å². The van der Waals surface area contributed by atoms with E-state index < -0.39 is 19.1 Å². The van der Waals surface area contributed by atoms with Gasteiger partial charge in [0, 0.05) is 31.1 Å². The Labute approximate surface area is 126 Å². The summed E-state index contributed by atoms with van der Waals surface area (Å²) in [5.41, 5.74) is 0.474. The monoisotopic (exact) mass is 322 g/mol. The van der Waals surface area contributed by atoms with Crippen LogP contribution in [-0.2, 0) is 4.74 Å². The molecule has 0 aromatic heterocycles. The first-order valence-corrected chi connectivity index (χ1v) is 7.08. The molecule has 0 spiro atoms. The third-order valence-electron chi connectivity index (χ3n) is 3.01. The summed E-state index contributed by atoms with van der Waals surface area (Å²) in [6.45, 7) is 0.465. The Balaban J connectivity index is 2.00. The quantitative estimate of drug-likeness (QED) is 0.817. The van der Waals surface area contributed by atoms with Crippen molar-refractivity contribution in [3.8, 4) is 11.5 Å². The molecule has 0 saturated heterocycles. The second-order valence-corrected chi connectivity index (χ2v) is 5.05. The van der Waals surface area contributed by atoms with Gasteiger partial charge < -0.3 is 19.3 Å². The SMILES string of the molecule is OC(CCOCC(F)F)c1cc2c(cc1Cl)OCCCO2. The molecule has 1 aromatic rings. The molecule has 0 bridgehead atoms. The predicted molar refractivity (Wildman–Crippen MR) is 73.5 cm³/mol. The molecule has 2 rings (SSSR count). The third kappa shape index (κ3) is 4.69. The highest BCUT2D eigenvalue weighted by atomic mass is 35.5. The van der Waals surface area contributed by atoms with Crippen LogP contribution in [0.5, 0.6) is 11.5 Å². The van der Waals surface area contributed by atoms with Gasteiger partial charge in [0.15, 0.2) is 11.5 Å². The van der Waals surface area contributed by atoms with E-state index in [1.54, 1.807) is 12.1 Å². The van der Waals surface area contributed by atoms with E-state index in [1.807, 2.05) is 0 Å². The van der Waals surface area contributed by atoms with Crippen molar-refractivity contribution in [2.75, 3.05) is 26.4 Å². The maximum absolute atomic E-state index is 11.9. The van der Waals surface area contributed by atoms with Crippen LogP contribution in [0.1, 0.15) is 24.5 Å². The highest BCUT2D eigenvalue weighted by Crippen LogP contribution is 2.38. The normalized spacial score (nSPS) is 15.9. The van der Waals surface area contributed by atoms with Gasteiger partial charge in [0.1, 0.15) is 6.61 Å². The van der Waals surface area contributed by atoms with Crippen molar-refractivity contribution in [2.24, 2.45) is 0 Å². The van der Waals surface area contributed by atoms with Crippen LogP contribution in [0, 0.1) is 0 Å². The Hall–Kier alpha value is -1.11. The van der Waals surface area contributed by atoms with E-state index in [1.165, 1.54) is 0 Å². The maximum Gasteiger partial charge on any atom is 0.261 e. The zero-order chi connectivity index (χ0) is 15.2. The van der Waals surface area contributed by atoms with Gasteiger partial charge in [-0.3, -0.25) is 0 Å². The van der Waals surface area contributed by atoms with Gasteiger partial charge in [-0.15, -0.1) is 0 Å². The molecule has 0 fully saturated rings. The Morgan fingerprint density at radius 1 is 1.24 bits per heavy atom. The number of hydrogen-bond donors (Lipinski definition) is 1. The first kappa shape index (κ1) is 16.3. The highest BCUT2D eigenvalue weighted by Gasteiger charge is 2.18. The number of halogens is 3. The van der Waals surface area contributed by atoms with Crippen LogP contribution in [0.25, 0.3) is 0 Å². The van der Waals surface area contributed by atoms with Crippen molar-refractivity contribution in [1.82, 2.24) is 0 Å². The highest BCUT2D eigenvalue weighted by molar-refractivity contribution is 6.31. The Bertz CT molecular complexity index is 471. The molecule has 1 aromatic carbocycles. The number of alkyl halides is 2. The fourth-order valence-corrected chi connectivity index (χ4v) is 2.26. The molecule has 1 heterocycles. The topological polar surface area (TPSA) is 47.9 Å². The Morgan fingerprint density at radius 2 is 1.90 bits per heavy atom. The average molecular weight is 323 g/mol. The smallest absolute Gasteiger partial charge is 0.261 e. The number of ether oxygens (including phenoxy) is 3. The Morgan fingerprint density at radius 3 is 2.57 bits per heavy atom. The molecule has 118 valence electrons. The molecule has 1 atom stereocenters. The number of hydrogen-bond acceptors (Lipinski definition) is 4. The molecule has 1 aliphatic rings. The average Bonchev–Trinajstić information content (AvgIpc) is 2.67. The fourth-order valence-electron chi connectivity index (χ4n) is 1.98. The van der Waals surface area contributed by atoms with Gasteiger partial charge in [-0.2, -0.15) is 0 Å². The van der Waals surface area contributed by atoms with E-state index in [0.29, 0.717) is 35.3 Å². The van der Waals surface area contributed by atoms with Gasteiger partial charge in [-0.25, -0.2) is 8.78 Å². The van der Waals surface area contributed by atoms with Crippen molar-refractivity contribution in [3.05, 3.63) is 22.7 Å². The number of aliphatic hydroxyl groups excluding tert-OH is 1. The summed E-state index contributed by atoms with van der Waals surface area (Å²) < 4.78 is 39.6. The van der Waals surface area contributed by atoms with E-state index in [9.17, 15) is 13.9 Å². The molecule has 1 aliphatic heterocycles. The van der Waals surface area contributed by atoms with Crippen LogP contribution in [0.15, 0.2) is 12.1 Å². The van der Waals surface area contributed by atoms with Crippen molar-refractivity contribution >= 4 is 11.6 Å². The van der Waals surface area contributed by atoms with Gasteiger partial charge in [0.05, 0.1) is 24.3 Å². The van der Waals surface area contributed by atoms with Crippen molar-refractivity contribution < 1.29 is 28.1 Å². The molecule has 21 heavy (non-hydrogen) atoms. The standard InChI is InChI=1S/C14H17ClF2O4/c15-10-7-13-12(20-3-1-4-21-13)6-9(10)11(18)2-5-19-8-14(16)17/h6-7,11,14,18H,1-5,8H2. The molecule has 1 N–H and O–H groups in total. The predicted octanol–water partition coefficient (Wildman–Crippen LogP) is 3.21. The summed E-state index contributed by atoms with van der Waals surface area (Å²) in [5.74, 6) is 1.07. The zero-order valence-corrected chi connectivity index (χ0v) is 12.1. The molecule has 0 saturated carbocycles. The number of benzene rings is 1. The van der Waals surface area contributed by atoms with Crippen molar-refractivity contribution in [1.29, 1.82) is 0 Å². The summed E-state index contributed by atoms with van der Waals surface area (Å²) in [6, 6.07) is 3.22. The number of rotatable bonds is 6. The minimum atomic E-state index is -2.51.